The summed E-state index contributed by atoms with van der Waals surface area (Å²) in [6, 6.07) is 44.3. The number of pyridine rings is 3. The second-order valence-corrected chi connectivity index (χ2v) is 36.0. The van der Waals surface area contributed by atoms with Crippen molar-refractivity contribution in [3.05, 3.63) is 284 Å². The number of carboxylic acids is 1. The number of benzene rings is 8. The van der Waals surface area contributed by atoms with Gasteiger partial charge in [-0.1, -0.05) is 166 Å². The number of aromatic nitrogens is 9. The third-order valence-electron chi connectivity index (χ3n) is 24.3. The minimum absolute atomic E-state index is 0.0752. The number of nitrogens with two attached hydrogens (primary N) is 1. The summed E-state index contributed by atoms with van der Waals surface area (Å²) < 4.78 is 27.2. The molecule has 6 aromatic heterocycles. The first-order valence-corrected chi connectivity index (χ1v) is 46.6. The standard InChI is InChI=1S/C37H38Cl2N6O3.C29H30Cl2N6O3.C19H16Cl2N2O3.C18H24N4/c1-22-6-8-25(9-7-22)20-44-14-16-45(17-15-44)21-26-10-13-31(40-19-26)43-37(46)28-12-11-27(35-36(28)42-24(3)23(2)41-35)32-33(38)29(47-4)18-30(48-5)34(32)39;1-16-17(2)35-28-20(29(38)36-23-8-5-18(14-33-23)15-37-11-9-32-10-12-37)7-6-19(27(28)34-16)24-25(30)21(39-3)13-22(40-4)26(24)31;1-8-7-13(26-4)16(21)14(15(8)20)11-5-6-12(19(24)25)18-17(11)22-9(2)10(3)23-18;1-15-2-4-16(5-3-15)13-21-8-10-22(11-9-21)14-17-6-7-18(19)20-12-17/h6-13,18-19H,14-17,20-21H2,1-5H3,(H,40,43,46);5-8,13-14,32H,9-12,15H2,1-4H3,(H,33,36,38);5-7H,1-4H3,(H,24,25);2-7,12H,8-11,13-14H2,1H3,(H2,19,20). The fraction of sp³-hybridized carbons (Fsp3) is 0.301. The lowest BCUT2D eigenvalue weighted by atomic mass is 9.98. The van der Waals surface area contributed by atoms with Crippen LogP contribution in [-0.2, 0) is 32.7 Å². The number of ether oxygens (including phenoxy) is 5. The van der Waals surface area contributed by atoms with Crippen LogP contribution in [0.1, 0.15) is 110 Å². The lowest BCUT2D eigenvalue weighted by Gasteiger charge is -2.34. The Morgan fingerprint density at radius 1 is 0.346 bits per heavy atom. The van der Waals surface area contributed by atoms with Crippen LogP contribution in [-0.4, -0.2) is 206 Å². The van der Waals surface area contributed by atoms with Crippen LogP contribution in [0.5, 0.6) is 28.7 Å². The molecule has 27 nitrogen and oxygen atoms in total. The van der Waals surface area contributed by atoms with Crippen molar-refractivity contribution in [2.45, 2.75) is 95.0 Å². The zero-order valence-electron chi connectivity index (χ0n) is 78.4. The summed E-state index contributed by atoms with van der Waals surface area (Å²) >= 11 is 40.0. The molecule has 3 aliphatic heterocycles. The first-order chi connectivity index (χ1) is 65.4. The maximum atomic E-state index is 13.7. The van der Waals surface area contributed by atoms with Crippen molar-refractivity contribution in [3.63, 3.8) is 0 Å². The third kappa shape index (κ3) is 23.6. The van der Waals surface area contributed by atoms with Gasteiger partial charge in [-0.2, -0.15) is 0 Å². The molecule has 0 saturated carbocycles. The van der Waals surface area contributed by atoms with Crippen molar-refractivity contribution < 1.29 is 43.2 Å². The lowest BCUT2D eigenvalue weighted by Crippen LogP contribution is -2.45. The van der Waals surface area contributed by atoms with Gasteiger partial charge in [0.25, 0.3) is 11.8 Å². The summed E-state index contributed by atoms with van der Waals surface area (Å²) in [7, 11) is 7.60. The van der Waals surface area contributed by atoms with Crippen LogP contribution in [0.3, 0.4) is 0 Å². The predicted molar refractivity (Wildman–Crippen MR) is 543 cm³/mol. The Kier molecular flexibility index (Phi) is 33.3. The number of aromatic carboxylic acids is 1. The molecule has 136 heavy (non-hydrogen) atoms. The van der Waals surface area contributed by atoms with Gasteiger partial charge in [0, 0.05) is 175 Å². The van der Waals surface area contributed by atoms with Crippen LogP contribution in [0.15, 0.2) is 158 Å². The van der Waals surface area contributed by atoms with E-state index in [2.05, 4.69) is 134 Å². The molecule has 0 atom stereocenters. The van der Waals surface area contributed by atoms with Crippen molar-refractivity contribution in [1.29, 1.82) is 0 Å². The van der Waals surface area contributed by atoms with E-state index >= 15 is 0 Å². The maximum Gasteiger partial charge on any atom is 0.337 e. The molecule has 3 saturated heterocycles. The normalized spacial score (nSPS) is 13.8. The van der Waals surface area contributed by atoms with Gasteiger partial charge in [-0.3, -0.25) is 34.1 Å². The fourth-order valence-corrected chi connectivity index (χ4v) is 18.3. The number of aryl methyl sites for hydroxylation is 9. The number of hydrogen-bond donors (Lipinski definition) is 5. The van der Waals surface area contributed by atoms with Gasteiger partial charge < -0.3 is 50.5 Å². The first-order valence-electron chi connectivity index (χ1n) is 44.4. The molecular formula is C103H108Cl6N18O9. The Morgan fingerprint density at radius 3 is 0.934 bits per heavy atom. The quantitative estimate of drug-likeness (QED) is 0.0397. The fourth-order valence-electron chi connectivity index (χ4n) is 16.3. The van der Waals surface area contributed by atoms with Gasteiger partial charge >= 0.3 is 5.97 Å². The van der Waals surface area contributed by atoms with Gasteiger partial charge in [0.05, 0.1) is 133 Å². The summed E-state index contributed by atoms with van der Waals surface area (Å²) in [5.41, 5.74) is 26.0. The van der Waals surface area contributed by atoms with E-state index in [1.807, 2.05) is 84.3 Å². The van der Waals surface area contributed by atoms with Gasteiger partial charge in [-0.05, 0) is 138 Å². The number of carbonyl (C=O) groups excluding carboxylic acids is 2. The number of rotatable bonds is 23. The van der Waals surface area contributed by atoms with Gasteiger partial charge in [-0.25, -0.2) is 49.7 Å². The highest BCUT2D eigenvalue weighted by molar-refractivity contribution is 6.43. The molecule has 33 heteroatoms. The van der Waals surface area contributed by atoms with E-state index in [-0.39, 0.29) is 17.4 Å². The minimum atomic E-state index is -1.07. The van der Waals surface area contributed by atoms with E-state index in [1.165, 1.54) is 69.4 Å². The molecule has 3 aliphatic rings. The number of nitrogens with zero attached hydrogens (tertiary/aromatic N) is 14. The SMILES string of the molecule is COc1cc(C)c(Cl)c(-c2ccc(C(=O)O)c3nc(C)c(C)nc23)c1Cl.COc1cc(OC)c(Cl)c(-c2ccc(C(=O)Nc3ccc(CN4CCN(Cc5ccc(C)cc5)CC4)cn3)c3nc(C)c(C)nc23)c1Cl.COc1cc(OC)c(Cl)c(-c2ccc(C(=O)Nc3ccc(CN4CCNCC4)cn3)c3nc(C)c(C)nc23)c1Cl.Cc1ccc(CN2CCN(Cc3ccc(N)nc3)CC2)cc1. The molecule has 17 rings (SSSR count). The highest BCUT2D eigenvalue weighted by Crippen LogP contribution is 2.51. The average Bonchev–Trinajstić information content (AvgIpc) is 0.758. The Balaban J connectivity index is 0.000000152. The zero-order chi connectivity index (χ0) is 96.9. The number of anilines is 3. The topological polar surface area (TPSA) is 312 Å². The van der Waals surface area contributed by atoms with Crippen LogP contribution in [0, 0.1) is 62.3 Å². The molecule has 706 valence electrons. The average molecular weight is 1950 g/mol. The van der Waals surface area contributed by atoms with E-state index < -0.39 is 5.97 Å². The summed E-state index contributed by atoms with van der Waals surface area (Å²) in [6.07, 6.45) is 5.50. The summed E-state index contributed by atoms with van der Waals surface area (Å²) in [4.78, 5) is 92.4. The molecule has 0 spiro atoms. The number of fused-ring (bicyclic) bond motifs is 3. The monoisotopic (exact) mass is 1950 g/mol. The molecule has 8 aromatic carbocycles. The number of nitrogen functional groups attached to an aromatic ring is 1. The number of nitrogens with one attached hydrogen (secondary N) is 3. The number of amides is 2. The van der Waals surface area contributed by atoms with Crippen molar-refractivity contribution in [1.82, 2.24) is 74.7 Å². The molecule has 2 amide bonds. The van der Waals surface area contributed by atoms with E-state index in [0.29, 0.717) is 182 Å². The summed E-state index contributed by atoms with van der Waals surface area (Å²) in [5.74, 6) is 1.79. The Bertz CT molecular complexity index is 6620. The van der Waals surface area contributed by atoms with Crippen LogP contribution in [0.4, 0.5) is 17.5 Å². The molecule has 0 unspecified atom stereocenters. The number of hydrogen-bond acceptors (Lipinski definition) is 24. The van der Waals surface area contributed by atoms with Gasteiger partial charge in [0.1, 0.15) is 62.8 Å². The van der Waals surface area contributed by atoms with E-state index in [1.54, 1.807) is 61.7 Å². The number of halogens is 6. The van der Waals surface area contributed by atoms with Crippen molar-refractivity contribution in [2.24, 2.45) is 0 Å². The number of methoxy groups -OCH3 is 5. The lowest BCUT2D eigenvalue weighted by molar-refractivity contribution is 0.0698. The highest BCUT2D eigenvalue weighted by Gasteiger charge is 2.30. The van der Waals surface area contributed by atoms with Crippen LogP contribution in [0.25, 0.3) is 66.5 Å². The largest absolute Gasteiger partial charge is 0.495 e. The van der Waals surface area contributed by atoms with Crippen LogP contribution >= 0.6 is 69.6 Å². The number of piperazine rings is 3. The molecule has 0 bridgehead atoms. The molecular weight excluding hydrogens is 1850 g/mol. The number of carboxylic acid groups (broad SMARTS) is 1. The Labute approximate surface area is 821 Å². The minimum Gasteiger partial charge on any atom is -0.495 e. The Morgan fingerprint density at radius 2 is 0.625 bits per heavy atom. The molecule has 0 aliphatic carbocycles. The summed E-state index contributed by atoms with van der Waals surface area (Å²) in [5, 5.41) is 20.7. The van der Waals surface area contributed by atoms with Gasteiger partial charge in [0.2, 0.25) is 0 Å². The summed E-state index contributed by atoms with van der Waals surface area (Å²) in [6.45, 7) is 34.2. The smallest absolute Gasteiger partial charge is 0.337 e. The Hall–Kier alpha value is -12.1. The molecule has 14 aromatic rings. The molecule has 6 N–H and O–H groups in total. The second-order valence-electron chi connectivity index (χ2n) is 33.7. The second kappa shape index (κ2) is 45.3. The van der Waals surface area contributed by atoms with Crippen LogP contribution < -0.4 is 45.4 Å². The molecule has 3 fully saturated rings. The predicted octanol–water partition coefficient (Wildman–Crippen LogP) is 20.3. The highest BCUT2D eigenvalue weighted by atomic mass is 35.5. The van der Waals surface area contributed by atoms with Crippen LogP contribution in [0.2, 0.25) is 30.1 Å². The van der Waals surface area contributed by atoms with E-state index in [9.17, 15) is 19.5 Å². The third-order valence-corrected chi connectivity index (χ3v) is 26.7. The van der Waals surface area contributed by atoms with Crippen molar-refractivity contribution in [3.8, 4) is 62.1 Å². The van der Waals surface area contributed by atoms with Crippen molar-refractivity contribution >= 4 is 138 Å². The van der Waals surface area contributed by atoms with Crippen molar-refractivity contribution in [2.75, 3.05) is 130 Å². The van der Waals surface area contributed by atoms with Gasteiger partial charge in [0.15, 0.2) is 0 Å². The van der Waals surface area contributed by atoms with E-state index in [0.717, 1.165) is 134 Å². The molecule has 0 radical (unpaired) electrons. The molecule has 9 heterocycles. The zero-order valence-corrected chi connectivity index (χ0v) is 82.9. The maximum absolute atomic E-state index is 13.7. The number of carbonyl (C=O) groups is 3. The van der Waals surface area contributed by atoms with E-state index in [4.69, 9.17) is 119 Å². The first kappa shape index (κ1) is 99.9. The van der Waals surface area contributed by atoms with Gasteiger partial charge in [-0.15, -0.1) is 0 Å².